The van der Waals surface area contributed by atoms with Crippen LogP contribution in [0, 0.1) is 5.92 Å². The predicted molar refractivity (Wildman–Crippen MR) is 81.9 cm³/mol. The van der Waals surface area contributed by atoms with E-state index in [1.54, 1.807) is 31.2 Å². The van der Waals surface area contributed by atoms with Crippen molar-refractivity contribution in [3.8, 4) is 0 Å². The molecule has 3 N–H and O–H groups in total. The van der Waals surface area contributed by atoms with E-state index in [2.05, 4.69) is 10.6 Å². The highest BCUT2D eigenvalue weighted by Gasteiger charge is 2.17. The molecule has 2 unspecified atom stereocenters. The summed E-state index contributed by atoms with van der Waals surface area (Å²) in [4.78, 5) is 23.9. The fourth-order valence-electron chi connectivity index (χ4n) is 1.97. The fraction of sp³-hybridized carbons (Fsp3) is 0.500. The van der Waals surface area contributed by atoms with Crippen molar-refractivity contribution in [3.63, 3.8) is 0 Å². The molecule has 0 aliphatic carbocycles. The minimum absolute atomic E-state index is 0.120. The molecule has 0 heterocycles. The molecule has 0 radical (unpaired) electrons. The average molecular weight is 292 g/mol. The lowest BCUT2D eigenvalue weighted by Gasteiger charge is -2.18. The number of hydrogen-bond acceptors (Lipinski definition) is 3. The molecule has 0 spiro atoms. The van der Waals surface area contributed by atoms with Gasteiger partial charge in [0.2, 0.25) is 5.91 Å². The van der Waals surface area contributed by atoms with Crippen LogP contribution in [0.4, 0.5) is 0 Å². The van der Waals surface area contributed by atoms with Gasteiger partial charge in [0, 0.05) is 18.7 Å². The van der Waals surface area contributed by atoms with Crippen LogP contribution >= 0.6 is 0 Å². The highest BCUT2D eigenvalue weighted by atomic mass is 16.3. The maximum atomic E-state index is 11.9. The summed E-state index contributed by atoms with van der Waals surface area (Å²) in [5, 5.41) is 14.4. The average Bonchev–Trinajstić information content (AvgIpc) is 2.51. The normalized spacial score (nSPS) is 13.3. The number of hydrogen-bond donors (Lipinski definition) is 3. The first-order chi connectivity index (χ1) is 10.1. The van der Waals surface area contributed by atoms with Crippen molar-refractivity contribution < 1.29 is 14.7 Å². The lowest BCUT2D eigenvalue weighted by Crippen LogP contribution is -2.46. The van der Waals surface area contributed by atoms with Crippen LogP contribution in [-0.4, -0.2) is 36.1 Å². The summed E-state index contributed by atoms with van der Waals surface area (Å²) >= 11 is 0. The molecule has 5 heteroatoms. The fourth-order valence-corrected chi connectivity index (χ4v) is 1.97. The quantitative estimate of drug-likeness (QED) is 0.676. The Morgan fingerprint density at radius 2 is 1.90 bits per heavy atom. The van der Waals surface area contributed by atoms with Gasteiger partial charge >= 0.3 is 0 Å². The zero-order valence-corrected chi connectivity index (χ0v) is 12.6. The van der Waals surface area contributed by atoms with Gasteiger partial charge in [0.15, 0.2) is 0 Å². The third-order valence-corrected chi connectivity index (χ3v) is 3.46. The van der Waals surface area contributed by atoms with E-state index in [4.69, 9.17) is 5.11 Å². The molecule has 5 nitrogen and oxygen atoms in total. The Bertz CT molecular complexity index is 448. The Kier molecular flexibility index (Phi) is 7.46. The summed E-state index contributed by atoms with van der Waals surface area (Å²) in [6.07, 6.45) is 1.56. The molecular weight excluding hydrogens is 268 g/mol. The monoisotopic (exact) mass is 292 g/mol. The molecule has 0 saturated carbocycles. The van der Waals surface area contributed by atoms with Crippen molar-refractivity contribution in [1.82, 2.24) is 10.6 Å². The molecule has 116 valence electrons. The van der Waals surface area contributed by atoms with Crippen LogP contribution < -0.4 is 10.6 Å². The Morgan fingerprint density at radius 1 is 1.24 bits per heavy atom. The van der Waals surface area contributed by atoms with Crippen molar-refractivity contribution in [2.45, 2.75) is 32.7 Å². The molecule has 0 fully saturated rings. The van der Waals surface area contributed by atoms with Crippen LogP contribution in [0.2, 0.25) is 0 Å². The van der Waals surface area contributed by atoms with E-state index in [1.165, 1.54) is 0 Å². The standard InChI is InChI=1S/C16H24N2O3/c1-3-13(9-10-19)11-17-15(20)12(2)18-16(21)14-7-5-4-6-8-14/h4-8,12-13,19H,3,9-11H2,1-2H3,(H,17,20)(H,18,21). The molecule has 2 amide bonds. The Labute approximate surface area is 125 Å². The Morgan fingerprint density at radius 3 is 2.48 bits per heavy atom. The first kappa shape index (κ1) is 17.2. The molecule has 0 aliphatic rings. The topological polar surface area (TPSA) is 78.4 Å². The molecule has 1 rings (SSSR count). The zero-order valence-electron chi connectivity index (χ0n) is 12.6. The van der Waals surface area contributed by atoms with Crippen LogP contribution in [0.3, 0.4) is 0 Å². The second-order valence-corrected chi connectivity index (χ2v) is 5.09. The minimum atomic E-state index is -0.593. The van der Waals surface area contributed by atoms with E-state index in [-0.39, 0.29) is 24.3 Å². The van der Waals surface area contributed by atoms with Gasteiger partial charge in [-0.15, -0.1) is 0 Å². The zero-order chi connectivity index (χ0) is 15.7. The van der Waals surface area contributed by atoms with E-state index < -0.39 is 6.04 Å². The second-order valence-electron chi connectivity index (χ2n) is 5.09. The SMILES string of the molecule is CCC(CCO)CNC(=O)C(C)NC(=O)c1ccccc1. The number of amides is 2. The summed E-state index contributed by atoms with van der Waals surface area (Å²) in [5.74, 6) is -0.215. The minimum Gasteiger partial charge on any atom is -0.396 e. The van der Waals surface area contributed by atoms with Gasteiger partial charge in [0.05, 0.1) is 0 Å². The van der Waals surface area contributed by atoms with Crippen LogP contribution in [0.15, 0.2) is 30.3 Å². The van der Waals surface area contributed by atoms with Crippen LogP contribution in [0.5, 0.6) is 0 Å². The maximum Gasteiger partial charge on any atom is 0.251 e. The van der Waals surface area contributed by atoms with Crippen molar-refractivity contribution in [2.24, 2.45) is 5.92 Å². The first-order valence-corrected chi connectivity index (χ1v) is 7.33. The molecule has 1 aromatic carbocycles. The van der Waals surface area contributed by atoms with E-state index in [0.717, 1.165) is 6.42 Å². The molecule has 1 aromatic rings. The number of aliphatic hydroxyl groups is 1. The summed E-state index contributed by atoms with van der Waals surface area (Å²) in [6.45, 7) is 4.31. The molecule has 0 bridgehead atoms. The summed E-state index contributed by atoms with van der Waals surface area (Å²) in [6, 6.07) is 8.20. The van der Waals surface area contributed by atoms with E-state index in [1.807, 2.05) is 13.0 Å². The third-order valence-electron chi connectivity index (χ3n) is 3.46. The predicted octanol–water partition coefficient (Wildman–Crippen LogP) is 1.33. The van der Waals surface area contributed by atoms with Gasteiger partial charge in [-0.3, -0.25) is 9.59 Å². The Balaban J connectivity index is 2.42. The largest absolute Gasteiger partial charge is 0.396 e. The molecule has 2 atom stereocenters. The highest BCUT2D eigenvalue weighted by molar-refractivity contribution is 5.97. The molecular formula is C16H24N2O3. The van der Waals surface area contributed by atoms with Crippen LogP contribution in [0.25, 0.3) is 0 Å². The molecule has 0 saturated heterocycles. The van der Waals surface area contributed by atoms with Gasteiger partial charge < -0.3 is 15.7 Å². The molecule has 0 aromatic heterocycles. The number of carbonyl (C=O) groups excluding carboxylic acids is 2. The van der Waals surface area contributed by atoms with Crippen molar-refractivity contribution in [1.29, 1.82) is 0 Å². The number of rotatable bonds is 8. The van der Waals surface area contributed by atoms with Gasteiger partial charge in [-0.1, -0.05) is 31.5 Å². The summed E-state index contributed by atoms with van der Waals surface area (Å²) in [5.41, 5.74) is 0.531. The van der Waals surface area contributed by atoms with Gasteiger partial charge in [0.25, 0.3) is 5.91 Å². The highest BCUT2D eigenvalue weighted by Crippen LogP contribution is 2.05. The Hall–Kier alpha value is -1.88. The van der Waals surface area contributed by atoms with Crippen LogP contribution in [-0.2, 0) is 4.79 Å². The van der Waals surface area contributed by atoms with Crippen LogP contribution in [0.1, 0.15) is 37.0 Å². The maximum absolute atomic E-state index is 11.9. The number of benzene rings is 1. The third kappa shape index (κ3) is 5.95. The van der Waals surface area contributed by atoms with E-state index in [9.17, 15) is 9.59 Å². The van der Waals surface area contributed by atoms with Crippen molar-refractivity contribution in [3.05, 3.63) is 35.9 Å². The molecule has 21 heavy (non-hydrogen) atoms. The second kappa shape index (κ2) is 9.13. The summed E-state index contributed by atoms with van der Waals surface area (Å²) < 4.78 is 0. The lowest BCUT2D eigenvalue weighted by atomic mass is 10.0. The summed E-state index contributed by atoms with van der Waals surface area (Å²) in [7, 11) is 0. The first-order valence-electron chi connectivity index (χ1n) is 7.33. The van der Waals surface area contributed by atoms with Gasteiger partial charge in [0.1, 0.15) is 6.04 Å². The lowest BCUT2D eigenvalue weighted by molar-refractivity contribution is -0.122. The van der Waals surface area contributed by atoms with Gasteiger partial charge in [-0.2, -0.15) is 0 Å². The van der Waals surface area contributed by atoms with E-state index >= 15 is 0 Å². The van der Waals surface area contributed by atoms with Crippen molar-refractivity contribution >= 4 is 11.8 Å². The number of carbonyl (C=O) groups is 2. The molecule has 0 aliphatic heterocycles. The van der Waals surface area contributed by atoms with Gasteiger partial charge in [-0.05, 0) is 31.4 Å². The van der Waals surface area contributed by atoms with Gasteiger partial charge in [-0.25, -0.2) is 0 Å². The number of nitrogens with one attached hydrogen (secondary N) is 2. The van der Waals surface area contributed by atoms with E-state index in [0.29, 0.717) is 18.5 Å². The number of aliphatic hydroxyl groups excluding tert-OH is 1. The smallest absolute Gasteiger partial charge is 0.251 e. The van der Waals surface area contributed by atoms with Crippen molar-refractivity contribution in [2.75, 3.05) is 13.2 Å².